The van der Waals surface area contributed by atoms with Crippen LogP contribution in [0.2, 0.25) is 0 Å². The van der Waals surface area contributed by atoms with Crippen LogP contribution in [-0.2, 0) is 0 Å². The monoisotopic (exact) mass is 570 g/mol. The Kier molecular flexibility index (Phi) is 5.83. The summed E-state index contributed by atoms with van der Waals surface area (Å²) in [6, 6.07) is 60.3. The molecule has 0 aliphatic rings. The molecule has 0 aliphatic carbocycles. The van der Waals surface area contributed by atoms with Gasteiger partial charge in [-0.2, -0.15) is 0 Å². The largest absolute Gasteiger partial charge is 0.0620 e. The van der Waals surface area contributed by atoms with E-state index in [2.05, 4.69) is 171 Å². The van der Waals surface area contributed by atoms with Gasteiger partial charge in [-0.1, -0.05) is 158 Å². The Balaban J connectivity index is 1.42. The highest BCUT2D eigenvalue weighted by atomic mass is 14.2. The van der Waals surface area contributed by atoms with Gasteiger partial charge in [0.1, 0.15) is 0 Å². The molecule has 0 saturated heterocycles. The van der Waals surface area contributed by atoms with Crippen LogP contribution >= 0.6 is 0 Å². The molecule has 45 heavy (non-hydrogen) atoms. The van der Waals surface area contributed by atoms with E-state index in [-0.39, 0.29) is 0 Å². The molecule has 0 heteroatoms. The first-order chi connectivity index (χ1) is 22.3. The van der Waals surface area contributed by atoms with Gasteiger partial charge in [0.25, 0.3) is 0 Å². The zero-order chi connectivity index (χ0) is 29.9. The van der Waals surface area contributed by atoms with E-state index >= 15 is 0 Å². The van der Waals surface area contributed by atoms with Crippen molar-refractivity contribution in [1.29, 1.82) is 0 Å². The van der Waals surface area contributed by atoms with Gasteiger partial charge in [-0.3, -0.25) is 0 Å². The Hall–Kier alpha value is -5.72. The van der Waals surface area contributed by atoms with Gasteiger partial charge in [0.15, 0.2) is 0 Å². The summed E-state index contributed by atoms with van der Waals surface area (Å²) in [7, 11) is 0. The van der Waals surface area contributed by atoms with Gasteiger partial charge in [-0.15, -0.1) is 0 Å². The molecule has 0 amide bonds. The van der Waals surface area contributed by atoms with Crippen molar-refractivity contribution in [2.75, 3.05) is 0 Å². The first-order valence-electron chi connectivity index (χ1n) is 15.7. The number of benzene rings is 9. The van der Waals surface area contributed by atoms with Crippen LogP contribution in [-0.4, -0.2) is 0 Å². The lowest BCUT2D eigenvalue weighted by Crippen LogP contribution is -1.93. The normalized spacial score (nSPS) is 11.7. The lowest BCUT2D eigenvalue weighted by atomic mass is 9.82. The van der Waals surface area contributed by atoms with E-state index in [0.29, 0.717) is 0 Å². The first kappa shape index (κ1) is 25.7. The predicted molar refractivity (Wildman–Crippen MR) is 195 cm³/mol. The second-order valence-electron chi connectivity index (χ2n) is 12.1. The van der Waals surface area contributed by atoms with Crippen molar-refractivity contribution in [3.05, 3.63) is 169 Å². The summed E-state index contributed by atoms with van der Waals surface area (Å²) < 4.78 is 0. The minimum atomic E-state index is 1.27. The van der Waals surface area contributed by atoms with Crippen LogP contribution in [0.5, 0.6) is 0 Å². The summed E-state index contributed by atoms with van der Waals surface area (Å²) in [5.41, 5.74) is 9.00. The molecule has 0 N–H and O–H groups in total. The summed E-state index contributed by atoms with van der Waals surface area (Å²) in [6.45, 7) is 2.20. The molecular formula is C45H30. The molecule has 9 aromatic rings. The van der Waals surface area contributed by atoms with Crippen LogP contribution in [0.4, 0.5) is 0 Å². The van der Waals surface area contributed by atoms with Gasteiger partial charge >= 0.3 is 0 Å². The molecule has 0 nitrogen and oxygen atoms in total. The van der Waals surface area contributed by atoms with E-state index < -0.39 is 0 Å². The highest BCUT2D eigenvalue weighted by molar-refractivity contribution is 6.27. The average molecular weight is 571 g/mol. The van der Waals surface area contributed by atoms with Gasteiger partial charge in [-0.05, 0) is 106 Å². The molecule has 0 radical (unpaired) electrons. The summed E-state index contributed by atoms with van der Waals surface area (Å²) >= 11 is 0. The molecule has 0 aliphatic heterocycles. The second-order valence-corrected chi connectivity index (χ2v) is 12.1. The third-order valence-electron chi connectivity index (χ3n) is 9.60. The lowest BCUT2D eigenvalue weighted by Gasteiger charge is -2.21. The van der Waals surface area contributed by atoms with Crippen LogP contribution in [0, 0.1) is 6.92 Å². The molecule has 9 rings (SSSR count). The SMILES string of the molecule is Cc1ccccc1-c1ccc(-c2c3ccccc3c(-c3cc4ccccc4c4ccccc34)c3ccccc23)c2ccccc12. The summed E-state index contributed by atoms with van der Waals surface area (Å²) in [4.78, 5) is 0. The van der Waals surface area contributed by atoms with E-state index in [1.165, 1.54) is 92.8 Å². The third-order valence-corrected chi connectivity index (χ3v) is 9.60. The van der Waals surface area contributed by atoms with E-state index in [1.54, 1.807) is 0 Å². The van der Waals surface area contributed by atoms with E-state index in [9.17, 15) is 0 Å². The predicted octanol–water partition coefficient (Wildman–Crippen LogP) is 12.8. The van der Waals surface area contributed by atoms with Gasteiger partial charge < -0.3 is 0 Å². The van der Waals surface area contributed by atoms with Crippen LogP contribution < -0.4 is 0 Å². The number of aryl methyl sites for hydroxylation is 1. The quantitative estimate of drug-likeness (QED) is 0.146. The molecule has 0 fully saturated rings. The Morgan fingerprint density at radius 3 is 1.27 bits per heavy atom. The number of rotatable bonds is 3. The molecule has 9 aromatic carbocycles. The minimum Gasteiger partial charge on any atom is -0.0620 e. The van der Waals surface area contributed by atoms with Crippen molar-refractivity contribution in [3.63, 3.8) is 0 Å². The number of hydrogen-bond acceptors (Lipinski definition) is 0. The standard InChI is InChI=1S/C45H30/c1-29-14-2-4-16-31(29)37-26-27-42(35-20-8-7-19-34(35)37)44-38-22-10-12-24-40(38)45(41-25-13-11-23-39(41)44)43-28-30-15-3-5-17-32(30)33-18-6-9-21-36(33)43/h2-28H,1H3. The molecule has 0 spiro atoms. The van der Waals surface area contributed by atoms with Crippen molar-refractivity contribution in [3.8, 4) is 33.4 Å². The maximum atomic E-state index is 2.40. The fraction of sp³-hybridized carbons (Fsp3) is 0.0222. The molecule has 0 bridgehead atoms. The molecule has 0 saturated carbocycles. The molecule has 0 unspecified atom stereocenters. The Morgan fingerprint density at radius 1 is 0.267 bits per heavy atom. The van der Waals surface area contributed by atoms with Crippen LogP contribution in [0.25, 0.3) is 87.2 Å². The Morgan fingerprint density at radius 2 is 0.667 bits per heavy atom. The zero-order valence-electron chi connectivity index (χ0n) is 25.1. The van der Waals surface area contributed by atoms with Gasteiger partial charge in [0.2, 0.25) is 0 Å². The molecule has 210 valence electrons. The van der Waals surface area contributed by atoms with Crippen LogP contribution in [0.3, 0.4) is 0 Å². The number of fused-ring (bicyclic) bond motifs is 6. The van der Waals surface area contributed by atoms with E-state index in [1.807, 2.05) is 0 Å². The van der Waals surface area contributed by atoms with Crippen molar-refractivity contribution in [1.82, 2.24) is 0 Å². The smallest absolute Gasteiger partial charge is 0.00199 e. The molecular weight excluding hydrogens is 540 g/mol. The highest BCUT2D eigenvalue weighted by Gasteiger charge is 2.20. The summed E-state index contributed by atoms with van der Waals surface area (Å²) in [5.74, 6) is 0. The summed E-state index contributed by atoms with van der Waals surface area (Å²) in [6.07, 6.45) is 0. The maximum Gasteiger partial charge on any atom is -0.00199 e. The van der Waals surface area contributed by atoms with Crippen molar-refractivity contribution >= 4 is 53.9 Å². The van der Waals surface area contributed by atoms with Gasteiger partial charge in [0, 0.05) is 0 Å². The van der Waals surface area contributed by atoms with Crippen molar-refractivity contribution in [2.45, 2.75) is 6.92 Å². The Bertz CT molecular complexity index is 2550. The molecule has 0 heterocycles. The second kappa shape index (κ2) is 10.2. The maximum absolute atomic E-state index is 2.40. The van der Waals surface area contributed by atoms with E-state index in [0.717, 1.165) is 0 Å². The van der Waals surface area contributed by atoms with E-state index in [4.69, 9.17) is 0 Å². The third kappa shape index (κ3) is 3.93. The van der Waals surface area contributed by atoms with Crippen molar-refractivity contribution in [2.24, 2.45) is 0 Å². The molecule has 0 atom stereocenters. The minimum absolute atomic E-state index is 1.27. The molecule has 0 aromatic heterocycles. The fourth-order valence-electron chi connectivity index (χ4n) is 7.60. The fourth-order valence-corrected chi connectivity index (χ4v) is 7.60. The van der Waals surface area contributed by atoms with Crippen LogP contribution in [0.1, 0.15) is 5.56 Å². The Labute approximate surface area is 262 Å². The van der Waals surface area contributed by atoms with Crippen molar-refractivity contribution < 1.29 is 0 Å². The van der Waals surface area contributed by atoms with Gasteiger partial charge in [-0.25, -0.2) is 0 Å². The van der Waals surface area contributed by atoms with Crippen LogP contribution in [0.15, 0.2) is 164 Å². The average Bonchev–Trinajstić information content (AvgIpc) is 3.10. The number of hydrogen-bond donors (Lipinski definition) is 0. The first-order valence-corrected chi connectivity index (χ1v) is 15.7. The lowest BCUT2D eigenvalue weighted by molar-refractivity contribution is 1.47. The zero-order valence-corrected chi connectivity index (χ0v) is 25.1. The summed E-state index contributed by atoms with van der Waals surface area (Å²) in [5, 5.41) is 12.8. The topological polar surface area (TPSA) is 0 Å². The highest BCUT2D eigenvalue weighted by Crippen LogP contribution is 2.48. The van der Waals surface area contributed by atoms with Gasteiger partial charge in [0.05, 0.1) is 0 Å².